The molecule has 0 bridgehead atoms. The Labute approximate surface area is 156 Å². The zero-order valence-electron chi connectivity index (χ0n) is 16.8. The van der Waals surface area contributed by atoms with Gasteiger partial charge in [-0.05, 0) is 46.1 Å². The monoisotopic (exact) mass is 368 g/mol. The van der Waals surface area contributed by atoms with Gasteiger partial charge in [-0.1, -0.05) is 32.6 Å². The van der Waals surface area contributed by atoms with Crippen molar-refractivity contribution in [2.45, 2.75) is 60.0 Å². The summed E-state index contributed by atoms with van der Waals surface area (Å²) in [5, 5.41) is 0. The topological polar surface area (TPSA) is 78.9 Å². The molecule has 0 aromatic heterocycles. The van der Waals surface area contributed by atoms with E-state index in [-0.39, 0.29) is 31.5 Å². The summed E-state index contributed by atoms with van der Waals surface area (Å²) in [6, 6.07) is 0. The van der Waals surface area contributed by atoms with Gasteiger partial charge >= 0.3 is 17.9 Å². The predicted molar refractivity (Wildman–Crippen MR) is 99.3 cm³/mol. The number of hydrogen-bond acceptors (Lipinski definition) is 6. The van der Waals surface area contributed by atoms with Crippen molar-refractivity contribution in [2.75, 3.05) is 13.2 Å². The van der Waals surface area contributed by atoms with Crippen LogP contribution in [0, 0.1) is 11.8 Å². The van der Waals surface area contributed by atoms with Crippen molar-refractivity contribution >= 4 is 17.9 Å². The molecular formula is C20H32O6. The lowest BCUT2D eigenvalue weighted by atomic mass is 9.89. The van der Waals surface area contributed by atoms with Crippen LogP contribution in [0.15, 0.2) is 24.3 Å². The maximum absolute atomic E-state index is 12.1. The standard InChI is InChI=1S/C20H32O6/c1-8-11-15(20(6,7)26-17(21)14(4)5)12-13-16(18(22)24-9-2)19(23)25-10-3/h8,11,14,16H,1,9-10,12-13H2,2-7H3/b15-11-. The number of carbonyl (C=O) groups is 3. The minimum Gasteiger partial charge on any atom is -0.465 e. The highest BCUT2D eigenvalue weighted by Gasteiger charge is 2.33. The maximum Gasteiger partial charge on any atom is 0.320 e. The number of carbonyl (C=O) groups excluding carboxylic acids is 3. The molecule has 0 fully saturated rings. The molecule has 0 heterocycles. The van der Waals surface area contributed by atoms with Crippen molar-refractivity contribution in [2.24, 2.45) is 11.8 Å². The molecule has 6 nitrogen and oxygen atoms in total. The van der Waals surface area contributed by atoms with E-state index in [0.717, 1.165) is 5.57 Å². The second kappa shape index (κ2) is 11.5. The fourth-order valence-electron chi connectivity index (χ4n) is 2.28. The summed E-state index contributed by atoms with van der Waals surface area (Å²) < 4.78 is 15.5. The molecule has 0 saturated carbocycles. The molecule has 0 rings (SSSR count). The second-order valence-electron chi connectivity index (χ2n) is 6.61. The molecule has 0 aromatic rings. The van der Waals surface area contributed by atoms with Gasteiger partial charge in [-0.3, -0.25) is 14.4 Å². The first-order valence-corrected chi connectivity index (χ1v) is 8.98. The average Bonchev–Trinajstić information content (AvgIpc) is 2.53. The molecule has 0 aliphatic rings. The van der Waals surface area contributed by atoms with E-state index in [1.165, 1.54) is 0 Å². The summed E-state index contributed by atoms with van der Waals surface area (Å²) in [6.07, 6.45) is 3.87. The fraction of sp³-hybridized carbons (Fsp3) is 0.650. The molecule has 148 valence electrons. The van der Waals surface area contributed by atoms with Crippen LogP contribution in [0.5, 0.6) is 0 Å². The van der Waals surface area contributed by atoms with Crippen molar-refractivity contribution in [3.8, 4) is 0 Å². The number of hydrogen-bond donors (Lipinski definition) is 0. The highest BCUT2D eigenvalue weighted by atomic mass is 16.6. The summed E-state index contributed by atoms with van der Waals surface area (Å²) in [4.78, 5) is 36.2. The average molecular weight is 368 g/mol. The van der Waals surface area contributed by atoms with Crippen LogP contribution in [0.25, 0.3) is 0 Å². The Morgan fingerprint density at radius 3 is 1.88 bits per heavy atom. The third-order valence-corrected chi connectivity index (χ3v) is 3.76. The van der Waals surface area contributed by atoms with Crippen LogP contribution in [0.1, 0.15) is 54.4 Å². The smallest absolute Gasteiger partial charge is 0.320 e. The van der Waals surface area contributed by atoms with E-state index in [0.29, 0.717) is 6.42 Å². The van der Waals surface area contributed by atoms with Crippen LogP contribution >= 0.6 is 0 Å². The second-order valence-corrected chi connectivity index (χ2v) is 6.61. The molecular weight excluding hydrogens is 336 g/mol. The van der Waals surface area contributed by atoms with Gasteiger partial charge in [0.05, 0.1) is 19.1 Å². The minimum atomic E-state index is -1.01. The Morgan fingerprint density at radius 2 is 1.50 bits per heavy atom. The predicted octanol–water partition coefficient (Wildman–Crippen LogP) is 3.60. The fourth-order valence-corrected chi connectivity index (χ4v) is 2.28. The van der Waals surface area contributed by atoms with Gasteiger partial charge in [0.15, 0.2) is 5.92 Å². The van der Waals surface area contributed by atoms with Gasteiger partial charge in [-0.25, -0.2) is 0 Å². The quantitative estimate of drug-likeness (QED) is 0.240. The van der Waals surface area contributed by atoms with Crippen molar-refractivity contribution in [3.05, 3.63) is 24.3 Å². The summed E-state index contributed by atoms with van der Waals surface area (Å²) >= 11 is 0. The molecule has 0 amide bonds. The first-order chi connectivity index (χ1) is 12.1. The third kappa shape index (κ3) is 7.85. The van der Waals surface area contributed by atoms with Crippen molar-refractivity contribution in [1.29, 1.82) is 0 Å². The van der Waals surface area contributed by atoms with Crippen molar-refractivity contribution < 1.29 is 28.6 Å². The van der Waals surface area contributed by atoms with E-state index >= 15 is 0 Å². The van der Waals surface area contributed by atoms with E-state index in [2.05, 4.69) is 6.58 Å². The molecule has 0 unspecified atom stereocenters. The molecule has 6 heteroatoms. The Kier molecular flexibility index (Phi) is 10.6. The molecule has 0 N–H and O–H groups in total. The number of esters is 3. The SMILES string of the molecule is C=C/C=C(/CCC(C(=O)OCC)C(=O)OCC)C(C)(C)OC(=O)C(C)C. The highest BCUT2D eigenvalue weighted by molar-refractivity contribution is 5.94. The Bertz CT molecular complexity index is 512. The maximum atomic E-state index is 12.1. The minimum absolute atomic E-state index is 0.182. The lowest BCUT2D eigenvalue weighted by molar-refractivity contribution is -0.163. The Hall–Kier alpha value is -2.11. The van der Waals surface area contributed by atoms with Crippen LogP contribution < -0.4 is 0 Å². The largest absolute Gasteiger partial charge is 0.465 e. The summed E-state index contributed by atoms with van der Waals surface area (Å²) in [7, 11) is 0. The Balaban J connectivity index is 5.30. The molecule has 0 aliphatic heterocycles. The van der Waals surface area contributed by atoms with Crippen LogP contribution in [0.3, 0.4) is 0 Å². The van der Waals surface area contributed by atoms with E-state index < -0.39 is 23.5 Å². The zero-order chi connectivity index (χ0) is 20.3. The molecule has 0 saturated heterocycles. The number of ether oxygens (including phenoxy) is 3. The van der Waals surface area contributed by atoms with Crippen LogP contribution in [-0.2, 0) is 28.6 Å². The van der Waals surface area contributed by atoms with Gasteiger partial charge < -0.3 is 14.2 Å². The van der Waals surface area contributed by atoms with Gasteiger partial charge in [0.25, 0.3) is 0 Å². The first kappa shape index (κ1) is 23.9. The lowest BCUT2D eigenvalue weighted by Crippen LogP contribution is -2.34. The van der Waals surface area contributed by atoms with Gasteiger partial charge in [0.1, 0.15) is 5.60 Å². The molecule has 0 atom stereocenters. The summed E-state index contributed by atoms with van der Waals surface area (Å²) in [5.41, 5.74) is -0.135. The first-order valence-electron chi connectivity index (χ1n) is 8.98. The molecule has 0 aromatic carbocycles. The third-order valence-electron chi connectivity index (χ3n) is 3.76. The Morgan fingerprint density at radius 1 is 1.00 bits per heavy atom. The van der Waals surface area contributed by atoms with Crippen LogP contribution in [0.4, 0.5) is 0 Å². The van der Waals surface area contributed by atoms with E-state index in [1.807, 2.05) is 0 Å². The van der Waals surface area contributed by atoms with Crippen LogP contribution in [-0.4, -0.2) is 36.7 Å². The summed E-state index contributed by atoms with van der Waals surface area (Å²) in [5.74, 6) is -2.81. The molecule has 0 spiro atoms. The van der Waals surface area contributed by atoms with Crippen molar-refractivity contribution in [1.82, 2.24) is 0 Å². The van der Waals surface area contributed by atoms with E-state index in [9.17, 15) is 14.4 Å². The number of rotatable bonds is 11. The normalized spacial score (nSPS) is 12.1. The highest BCUT2D eigenvalue weighted by Crippen LogP contribution is 2.28. The van der Waals surface area contributed by atoms with E-state index in [1.54, 1.807) is 53.7 Å². The number of allylic oxidation sites excluding steroid dienone is 2. The molecule has 0 aliphatic carbocycles. The van der Waals surface area contributed by atoms with E-state index in [4.69, 9.17) is 14.2 Å². The molecule has 26 heavy (non-hydrogen) atoms. The van der Waals surface area contributed by atoms with Gasteiger partial charge in [-0.15, -0.1) is 0 Å². The van der Waals surface area contributed by atoms with Gasteiger partial charge in [0, 0.05) is 0 Å². The zero-order valence-corrected chi connectivity index (χ0v) is 16.8. The lowest BCUT2D eigenvalue weighted by Gasteiger charge is -2.30. The van der Waals surface area contributed by atoms with Gasteiger partial charge in [0.2, 0.25) is 0 Å². The summed E-state index contributed by atoms with van der Waals surface area (Å²) in [6.45, 7) is 14.5. The van der Waals surface area contributed by atoms with Crippen molar-refractivity contribution in [3.63, 3.8) is 0 Å². The van der Waals surface area contributed by atoms with Crippen LogP contribution in [0.2, 0.25) is 0 Å². The molecule has 0 radical (unpaired) electrons. The van der Waals surface area contributed by atoms with Gasteiger partial charge in [-0.2, -0.15) is 0 Å².